The van der Waals surface area contributed by atoms with Crippen LogP contribution in [0.25, 0.3) is 0 Å². The van der Waals surface area contributed by atoms with Gasteiger partial charge in [0.1, 0.15) is 5.83 Å². The molecule has 0 heterocycles. The SMILES string of the molecule is C=C(C)/C=C(F)\C(=C/C)C(=O)NC. The van der Waals surface area contributed by atoms with Gasteiger partial charge in [-0.1, -0.05) is 18.2 Å². The molecule has 0 unspecified atom stereocenters. The van der Waals surface area contributed by atoms with E-state index in [9.17, 15) is 9.18 Å². The number of carbonyl (C=O) groups is 1. The highest BCUT2D eigenvalue weighted by atomic mass is 19.1. The molecule has 0 aliphatic heterocycles. The molecule has 72 valence electrons. The largest absolute Gasteiger partial charge is 0.355 e. The standard InChI is InChI=1S/C10H14FNO/c1-5-8(10(13)12-4)9(11)6-7(2)3/h5-6H,2H2,1,3-4H3,(H,12,13)/b8-5+,9-6+. The number of carbonyl (C=O) groups excluding carboxylic acids is 1. The van der Waals surface area contributed by atoms with Crippen LogP contribution in [0.4, 0.5) is 4.39 Å². The molecule has 0 spiro atoms. The monoisotopic (exact) mass is 183 g/mol. The van der Waals surface area contributed by atoms with Crippen molar-refractivity contribution in [1.82, 2.24) is 5.32 Å². The van der Waals surface area contributed by atoms with E-state index < -0.39 is 11.7 Å². The average Bonchev–Trinajstić information content (AvgIpc) is 2.03. The molecule has 13 heavy (non-hydrogen) atoms. The first-order chi connectivity index (χ1) is 6.02. The number of hydrogen-bond acceptors (Lipinski definition) is 1. The van der Waals surface area contributed by atoms with Crippen LogP contribution in [0.5, 0.6) is 0 Å². The Balaban J connectivity index is 4.81. The van der Waals surface area contributed by atoms with E-state index >= 15 is 0 Å². The quantitative estimate of drug-likeness (QED) is 0.527. The van der Waals surface area contributed by atoms with Crippen LogP contribution in [-0.2, 0) is 4.79 Å². The smallest absolute Gasteiger partial charge is 0.253 e. The maximum atomic E-state index is 13.2. The Morgan fingerprint density at radius 3 is 2.38 bits per heavy atom. The molecule has 1 amide bonds. The summed E-state index contributed by atoms with van der Waals surface area (Å²) in [6.07, 6.45) is 2.65. The van der Waals surface area contributed by atoms with Crippen LogP contribution < -0.4 is 5.32 Å². The summed E-state index contributed by atoms with van der Waals surface area (Å²) < 4.78 is 13.2. The fourth-order valence-corrected chi connectivity index (χ4v) is 0.806. The summed E-state index contributed by atoms with van der Waals surface area (Å²) in [5.74, 6) is -0.994. The maximum absolute atomic E-state index is 13.2. The zero-order valence-corrected chi connectivity index (χ0v) is 8.15. The highest BCUT2D eigenvalue weighted by Crippen LogP contribution is 2.13. The van der Waals surface area contributed by atoms with E-state index in [1.54, 1.807) is 13.8 Å². The third-order valence-electron chi connectivity index (χ3n) is 1.39. The number of nitrogens with one attached hydrogen (secondary N) is 1. The molecular formula is C10H14FNO. The summed E-state index contributed by atoms with van der Waals surface area (Å²) in [5, 5.41) is 2.35. The summed E-state index contributed by atoms with van der Waals surface area (Å²) in [7, 11) is 1.46. The van der Waals surface area contributed by atoms with Crippen molar-refractivity contribution in [2.75, 3.05) is 7.05 Å². The van der Waals surface area contributed by atoms with Gasteiger partial charge in [0.2, 0.25) is 0 Å². The molecule has 0 aromatic rings. The van der Waals surface area contributed by atoms with Crippen LogP contribution in [0.15, 0.2) is 35.7 Å². The molecule has 0 rings (SSSR count). The fraction of sp³-hybridized carbons (Fsp3) is 0.300. The van der Waals surface area contributed by atoms with Gasteiger partial charge in [0.25, 0.3) is 5.91 Å². The minimum atomic E-state index is -0.561. The summed E-state index contributed by atoms with van der Waals surface area (Å²) in [6, 6.07) is 0. The number of likely N-dealkylation sites (N-methyl/N-ethyl adjacent to an activating group) is 1. The molecule has 0 saturated heterocycles. The van der Waals surface area contributed by atoms with Crippen LogP contribution >= 0.6 is 0 Å². The summed E-state index contributed by atoms with van der Waals surface area (Å²) >= 11 is 0. The predicted molar refractivity (Wildman–Crippen MR) is 51.8 cm³/mol. The van der Waals surface area contributed by atoms with E-state index in [4.69, 9.17) is 0 Å². The van der Waals surface area contributed by atoms with Crippen molar-refractivity contribution >= 4 is 5.91 Å². The fourth-order valence-electron chi connectivity index (χ4n) is 0.806. The van der Waals surface area contributed by atoms with E-state index in [1.807, 2.05) is 0 Å². The second-order valence-electron chi connectivity index (χ2n) is 2.62. The zero-order chi connectivity index (χ0) is 10.4. The van der Waals surface area contributed by atoms with Gasteiger partial charge in [-0.05, 0) is 19.9 Å². The summed E-state index contributed by atoms with van der Waals surface area (Å²) in [5.41, 5.74) is 0.603. The van der Waals surface area contributed by atoms with E-state index in [-0.39, 0.29) is 5.57 Å². The Morgan fingerprint density at radius 2 is 2.08 bits per heavy atom. The van der Waals surface area contributed by atoms with Gasteiger partial charge >= 0.3 is 0 Å². The van der Waals surface area contributed by atoms with Gasteiger partial charge in [-0.25, -0.2) is 4.39 Å². The lowest BCUT2D eigenvalue weighted by atomic mass is 10.1. The maximum Gasteiger partial charge on any atom is 0.253 e. The molecule has 1 N–H and O–H groups in total. The molecule has 2 nitrogen and oxygen atoms in total. The van der Waals surface area contributed by atoms with Crippen molar-refractivity contribution in [2.45, 2.75) is 13.8 Å². The van der Waals surface area contributed by atoms with Gasteiger partial charge in [-0.3, -0.25) is 4.79 Å². The van der Waals surface area contributed by atoms with Crippen molar-refractivity contribution in [1.29, 1.82) is 0 Å². The Labute approximate surface area is 77.8 Å². The van der Waals surface area contributed by atoms with Crippen molar-refractivity contribution < 1.29 is 9.18 Å². The van der Waals surface area contributed by atoms with Gasteiger partial charge in [-0.15, -0.1) is 0 Å². The molecule has 0 radical (unpaired) electrons. The van der Waals surface area contributed by atoms with Crippen LogP contribution in [-0.4, -0.2) is 13.0 Å². The molecule has 3 heteroatoms. The Hall–Kier alpha value is -1.38. The van der Waals surface area contributed by atoms with Crippen molar-refractivity contribution in [3.8, 4) is 0 Å². The van der Waals surface area contributed by atoms with Gasteiger partial charge in [0, 0.05) is 7.05 Å². The summed E-state index contributed by atoms with van der Waals surface area (Å²) in [6.45, 7) is 6.79. The molecular weight excluding hydrogens is 169 g/mol. The van der Waals surface area contributed by atoms with Crippen molar-refractivity contribution in [2.24, 2.45) is 0 Å². The van der Waals surface area contributed by atoms with E-state index in [0.717, 1.165) is 0 Å². The van der Waals surface area contributed by atoms with Gasteiger partial charge in [0.15, 0.2) is 0 Å². The lowest BCUT2D eigenvalue weighted by Gasteiger charge is -2.02. The summed E-state index contributed by atoms with van der Waals surface area (Å²) in [4.78, 5) is 11.1. The van der Waals surface area contributed by atoms with E-state index in [1.165, 1.54) is 19.2 Å². The van der Waals surface area contributed by atoms with Gasteiger partial charge in [-0.2, -0.15) is 0 Å². The second kappa shape index (κ2) is 5.30. The van der Waals surface area contributed by atoms with Crippen LogP contribution in [0.2, 0.25) is 0 Å². The molecule has 0 atom stereocenters. The minimum Gasteiger partial charge on any atom is -0.355 e. The van der Waals surface area contributed by atoms with Gasteiger partial charge < -0.3 is 5.32 Å². The van der Waals surface area contributed by atoms with Gasteiger partial charge in [0.05, 0.1) is 5.57 Å². The van der Waals surface area contributed by atoms with Crippen LogP contribution in [0, 0.1) is 0 Å². The Morgan fingerprint density at radius 1 is 1.54 bits per heavy atom. The average molecular weight is 183 g/mol. The van der Waals surface area contributed by atoms with Crippen molar-refractivity contribution in [3.05, 3.63) is 35.7 Å². The third-order valence-corrected chi connectivity index (χ3v) is 1.39. The third kappa shape index (κ3) is 3.69. The highest BCUT2D eigenvalue weighted by molar-refractivity contribution is 5.96. The number of halogens is 1. The second-order valence-corrected chi connectivity index (χ2v) is 2.62. The van der Waals surface area contributed by atoms with Crippen molar-refractivity contribution in [3.63, 3.8) is 0 Å². The Kier molecular flexibility index (Phi) is 4.74. The first kappa shape index (κ1) is 11.6. The lowest BCUT2D eigenvalue weighted by molar-refractivity contribution is -0.116. The first-order valence-electron chi connectivity index (χ1n) is 3.94. The molecule has 0 aromatic heterocycles. The molecule has 0 saturated carbocycles. The highest BCUT2D eigenvalue weighted by Gasteiger charge is 2.10. The number of rotatable bonds is 3. The predicted octanol–water partition coefficient (Wildman–Crippen LogP) is 2.11. The minimum absolute atomic E-state index is 0.0329. The molecule has 0 fully saturated rings. The Bertz CT molecular complexity index is 277. The van der Waals surface area contributed by atoms with E-state index in [2.05, 4.69) is 11.9 Å². The molecule has 0 aliphatic rings. The molecule has 0 aromatic carbocycles. The first-order valence-corrected chi connectivity index (χ1v) is 3.94. The zero-order valence-electron chi connectivity index (χ0n) is 8.15. The topological polar surface area (TPSA) is 29.1 Å². The molecule has 0 aliphatic carbocycles. The molecule has 0 bridgehead atoms. The number of amides is 1. The number of allylic oxidation sites excluding steroid dienone is 3. The van der Waals surface area contributed by atoms with E-state index in [0.29, 0.717) is 5.57 Å². The van der Waals surface area contributed by atoms with Crippen LogP contribution in [0.3, 0.4) is 0 Å². The number of hydrogen-bond donors (Lipinski definition) is 1. The lowest BCUT2D eigenvalue weighted by Crippen LogP contribution is -2.20. The normalized spacial score (nSPS) is 12.6. The van der Waals surface area contributed by atoms with Crippen LogP contribution in [0.1, 0.15) is 13.8 Å².